The van der Waals surface area contributed by atoms with Gasteiger partial charge in [0.25, 0.3) is 5.91 Å². The van der Waals surface area contributed by atoms with Crippen LogP contribution in [0, 0.1) is 0 Å². The van der Waals surface area contributed by atoms with Crippen LogP contribution in [0.15, 0.2) is 16.7 Å². The first-order chi connectivity index (χ1) is 8.88. The van der Waals surface area contributed by atoms with Crippen molar-refractivity contribution in [2.24, 2.45) is 0 Å². The highest BCUT2D eigenvalue weighted by molar-refractivity contribution is 9.10. The van der Waals surface area contributed by atoms with Crippen LogP contribution in [0.25, 0.3) is 0 Å². The lowest BCUT2D eigenvalue weighted by molar-refractivity contribution is 0.0661. The molecular weight excluding hydrogens is 342 g/mol. The van der Waals surface area contributed by atoms with Gasteiger partial charge in [0.1, 0.15) is 5.69 Å². The van der Waals surface area contributed by atoms with Gasteiger partial charge in [-0.05, 0) is 49.7 Å². The molecule has 2 rings (SSSR count). The molecule has 0 saturated carbocycles. The Labute approximate surface area is 135 Å². The van der Waals surface area contributed by atoms with E-state index < -0.39 is 0 Å². The first-order valence-corrected chi connectivity index (χ1v) is 7.60. The molecule has 1 aromatic heterocycles. The summed E-state index contributed by atoms with van der Waals surface area (Å²) in [6.45, 7) is 9.95. The van der Waals surface area contributed by atoms with Crippen molar-refractivity contribution in [3.8, 4) is 0 Å². The third-order valence-electron chi connectivity index (χ3n) is 3.44. The van der Waals surface area contributed by atoms with Crippen molar-refractivity contribution in [1.29, 1.82) is 0 Å². The number of nitrogens with zero attached hydrogens (tertiary/aromatic N) is 2. The maximum Gasteiger partial charge on any atom is 0.270 e. The molecular formula is C14H23BrClN3O. The van der Waals surface area contributed by atoms with Crippen LogP contribution in [-0.2, 0) is 0 Å². The maximum atomic E-state index is 12.7. The number of piperazine rings is 1. The van der Waals surface area contributed by atoms with Crippen molar-refractivity contribution >= 4 is 34.2 Å². The van der Waals surface area contributed by atoms with Crippen LogP contribution in [0.3, 0.4) is 0 Å². The van der Waals surface area contributed by atoms with Crippen molar-refractivity contribution in [2.75, 3.05) is 13.1 Å². The summed E-state index contributed by atoms with van der Waals surface area (Å²) in [6, 6.07) is 2.89. The largest absolute Gasteiger partial charge is 0.340 e. The molecule has 0 radical (unpaired) electrons. The summed E-state index contributed by atoms with van der Waals surface area (Å²) in [5.74, 6) is 0.125. The Morgan fingerprint density at radius 2 is 1.90 bits per heavy atom. The summed E-state index contributed by atoms with van der Waals surface area (Å²) < 4.78 is 2.99. The van der Waals surface area contributed by atoms with Crippen LogP contribution >= 0.6 is 28.3 Å². The molecule has 1 aliphatic heterocycles. The zero-order valence-corrected chi connectivity index (χ0v) is 14.8. The summed E-state index contributed by atoms with van der Waals surface area (Å²) in [4.78, 5) is 14.6. The molecule has 1 fully saturated rings. The monoisotopic (exact) mass is 363 g/mol. The Hall–Kier alpha value is -0.520. The van der Waals surface area contributed by atoms with Gasteiger partial charge in [0.15, 0.2) is 0 Å². The summed E-state index contributed by atoms with van der Waals surface area (Å²) >= 11 is 3.46. The van der Waals surface area contributed by atoms with E-state index in [0.29, 0.717) is 12.1 Å². The molecule has 4 nitrogen and oxygen atoms in total. The van der Waals surface area contributed by atoms with Gasteiger partial charge in [0.2, 0.25) is 0 Å². The molecule has 6 heteroatoms. The van der Waals surface area contributed by atoms with Crippen molar-refractivity contribution in [3.63, 3.8) is 0 Å². The van der Waals surface area contributed by atoms with Gasteiger partial charge in [0.05, 0.1) is 0 Å². The molecule has 1 N–H and O–H groups in total. The Morgan fingerprint density at radius 3 is 2.40 bits per heavy atom. The van der Waals surface area contributed by atoms with Crippen molar-refractivity contribution in [1.82, 2.24) is 14.8 Å². The molecule has 0 bridgehead atoms. The average Bonchev–Trinajstić information content (AvgIpc) is 2.69. The second kappa shape index (κ2) is 6.96. The highest BCUT2D eigenvalue weighted by Crippen LogP contribution is 2.21. The van der Waals surface area contributed by atoms with E-state index in [4.69, 9.17) is 0 Å². The summed E-state index contributed by atoms with van der Waals surface area (Å²) in [5, 5.41) is 3.45. The Balaban J connectivity index is 0.00000200. The molecule has 1 amide bonds. The predicted molar refractivity (Wildman–Crippen MR) is 87.7 cm³/mol. The van der Waals surface area contributed by atoms with Crippen LogP contribution in [0.4, 0.5) is 0 Å². The van der Waals surface area contributed by atoms with Crippen LogP contribution in [-0.4, -0.2) is 40.5 Å². The Morgan fingerprint density at radius 1 is 1.35 bits per heavy atom. The molecule has 20 heavy (non-hydrogen) atoms. The number of amides is 1. The van der Waals surface area contributed by atoms with Gasteiger partial charge in [-0.2, -0.15) is 0 Å². The summed E-state index contributed by atoms with van der Waals surface area (Å²) in [6.07, 6.45) is 1.98. The smallest absolute Gasteiger partial charge is 0.270 e. The first kappa shape index (κ1) is 17.5. The van der Waals surface area contributed by atoms with E-state index in [0.717, 1.165) is 23.3 Å². The van der Waals surface area contributed by atoms with E-state index in [-0.39, 0.29) is 24.4 Å². The van der Waals surface area contributed by atoms with Gasteiger partial charge in [-0.3, -0.25) is 4.79 Å². The van der Waals surface area contributed by atoms with Crippen molar-refractivity contribution < 1.29 is 4.79 Å². The van der Waals surface area contributed by atoms with Gasteiger partial charge < -0.3 is 14.8 Å². The minimum atomic E-state index is 0. The molecule has 114 valence electrons. The lowest BCUT2D eigenvalue weighted by Gasteiger charge is -2.36. The molecule has 0 aromatic carbocycles. The van der Waals surface area contributed by atoms with Crippen LogP contribution < -0.4 is 5.32 Å². The standard InChI is InChI=1S/C14H22BrN3O.ClH/c1-9(2)18-8-12(15)5-13(18)14(19)17-6-10(3)16-11(4)7-17;/h5,8-11,16H,6-7H2,1-4H3;1H. The summed E-state index contributed by atoms with van der Waals surface area (Å²) in [7, 11) is 0. The topological polar surface area (TPSA) is 37.3 Å². The fourth-order valence-corrected chi connectivity index (χ4v) is 3.14. The molecule has 1 aromatic rings. The van der Waals surface area contributed by atoms with E-state index in [9.17, 15) is 4.79 Å². The number of rotatable bonds is 2. The highest BCUT2D eigenvalue weighted by atomic mass is 79.9. The van der Waals surface area contributed by atoms with Gasteiger partial charge in [0, 0.05) is 41.9 Å². The molecule has 1 saturated heterocycles. The van der Waals surface area contributed by atoms with Crippen LogP contribution in [0.1, 0.15) is 44.2 Å². The fraction of sp³-hybridized carbons (Fsp3) is 0.643. The number of halogens is 2. The van der Waals surface area contributed by atoms with E-state index >= 15 is 0 Å². The van der Waals surface area contributed by atoms with Crippen LogP contribution in [0.5, 0.6) is 0 Å². The summed E-state index contributed by atoms with van der Waals surface area (Å²) in [5.41, 5.74) is 0.767. The Kier molecular flexibility index (Phi) is 6.10. The molecule has 0 spiro atoms. The third kappa shape index (κ3) is 3.77. The number of nitrogens with one attached hydrogen (secondary N) is 1. The van der Waals surface area contributed by atoms with Gasteiger partial charge in [-0.25, -0.2) is 0 Å². The molecule has 1 aliphatic rings. The predicted octanol–water partition coefficient (Wildman–Crippen LogP) is 3.08. The number of hydrogen-bond donors (Lipinski definition) is 1. The SMILES string of the molecule is CC1CN(C(=O)c2cc(Br)cn2C(C)C)CC(C)N1.Cl. The molecule has 0 aliphatic carbocycles. The van der Waals surface area contributed by atoms with E-state index in [1.165, 1.54) is 0 Å². The van der Waals surface area contributed by atoms with E-state index in [2.05, 4.69) is 48.9 Å². The maximum absolute atomic E-state index is 12.7. The van der Waals surface area contributed by atoms with Gasteiger partial charge >= 0.3 is 0 Å². The van der Waals surface area contributed by atoms with E-state index in [1.807, 2.05) is 21.7 Å². The minimum absolute atomic E-state index is 0. The fourth-order valence-electron chi connectivity index (χ4n) is 2.70. The zero-order chi connectivity index (χ0) is 14.2. The second-order valence-electron chi connectivity index (χ2n) is 5.72. The number of carbonyl (C=O) groups excluding carboxylic acids is 1. The molecule has 2 atom stereocenters. The lowest BCUT2D eigenvalue weighted by Crippen LogP contribution is -2.56. The zero-order valence-electron chi connectivity index (χ0n) is 12.4. The normalized spacial score (nSPS) is 22.8. The number of hydrogen-bond acceptors (Lipinski definition) is 2. The first-order valence-electron chi connectivity index (χ1n) is 6.81. The highest BCUT2D eigenvalue weighted by Gasteiger charge is 2.27. The number of carbonyl (C=O) groups is 1. The lowest BCUT2D eigenvalue weighted by atomic mass is 10.1. The molecule has 2 unspecified atom stereocenters. The van der Waals surface area contributed by atoms with Crippen LogP contribution in [0.2, 0.25) is 0 Å². The quantitative estimate of drug-likeness (QED) is 0.875. The van der Waals surface area contributed by atoms with Crippen molar-refractivity contribution in [2.45, 2.75) is 45.8 Å². The third-order valence-corrected chi connectivity index (χ3v) is 3.87. The van der Waals surface area contributed by atoms with Gasteiger partial charge in [-0.15, -0.1) is 12.4 Å². The van der Waals surface area contributed by atoms with Gasteiger partial charge in [-0.1, -0.05) is 0 Å². The number of aromatic nitrogens is 1. The second-order valence-corrected chi connectivity index (χ2v) is 6.64. The van der Waals surface area contributed by atoms with Crippen molar-refractivity contribution in [3.05, 3.63) is 22.4 Å². The van der Waals surface area contributed by atoms with E-state index in [1.54, 1.807) is 0 Å². The Bertz CT molecular complexity index is 465. The average molecular weight is 365 g/mol. The minimum Gasteiger partial charge on any atom is -0.340 e. The molecule has 2 heterocycles.